The van der Waals surface area contributed by atoms with Crippen molar-refractivity contribution in [1.29, 1.82) is 0 Å². The van der Waals surface area contributed by atoms with Gasteiger partial charge in [-0.15, -0.1) is 0 Å². The summed E-state index contributed by atoms with van der Waals surface area (Å²) in [7, 11) is -3.26. The fourth-order valence-electron chi connectivity index (χ4n) is 1.17. The van der Waals surface area contributed by atoms with Gasteiger partial charge in [-0.2, -0.15) is 0 Å². The molecule has 0 spiro atoms. The molecular formula is C9H18N4O2S. The lowest BCUT2D eigenvalue weighted by atomic mass is 10.3. The van der Waals surface area contributed by atoms with Crippen LogP contribution in [0, 0.1) is 0 Å². The zero-order chi connectivity index (χ0) is 12.0. The minimum absolute atomic E-state index is 0.132. The maximum atomic E-state index is 11.5. The van der Waals surface area contributed by atoms with Crippen molar-refractivity contribution in [3.63, 3.8) is 0 Å². The summed E-state index contributed by atoms with van der Waals surface area (Å²) in [6.07, 6.45) is 4.86. The van der Waals surface area contributed by atoms with Crippen molar-refractivity contribution >= 4 is 10.0 Å². The highest BCUT2D eigenvalue weighted by molar-refractivity contribution is 7.90. The number of nitrogens with one attached hydrogen (secondary N) is 2. The molecule has 0 aliphatic rings. The number of H-pyrrole nitrogens is 1. The number of aromatic nitrogens is 2. The summed E-state index contributed by atoms with van der Waals surface area (Å²) in [5, 5.41) is -0.545. The molecule has 6 nitrogen and oxygen atoms in total. The molecule has 0 bridgehead atoms. The lowest BCUT2D eigenvalue weighted by Crippen LogP contribution is -2.37. The summed E-state index contributed by atoms with van der Waals surface area (Å²) in [5.41, 5.74) is 5.31. The molecule has 92 valence electrons. The third-order valence-corrected chi connectivity index (χ3v) is 4.17. The second-order valence-electron chi connectivity index (χ2n) is 3.63. The van der Waals surface area contributed by atoms with Crippen LogP contribution in [-0.4, -0.2) is 36.7 Å². The Hall–Kier alpha value is -0.920. The molecule has 0 aliphatic carbocycles. The Morgan fingerprint density at radius 1 is 1.62 bits per heavy atom. The molecule has 0 aliphatic heterocycles. The van der Waals surface area contributed by atoms with Crippen molar-refractivity contribution in [2.75, 3.05) is 13.1 Å². The van der Waals surface area contributed by atoms with Gasteiger partial charge in [0.15, 0.2) is 0 Å². The number of nitrogens with two attached hydrogens (primary N) is 1. The second kappa shape index (κ2) is 5.97. The Labute approximate surface area is 95.7 Å². The van der Waals surface area contributed by atoms with E-state index in [2.05, 4.69) is 14.7 Å². The van der Waals surface area contributed by atoms with Gasteiger partial charge >= 0.3 is 0 Å². The van der Waals surface area contributed by atoms with Gasteiger partial charge in [0.05, 0.1) is 5.25 Å². The van der Waals surface area contributed by atoms with Gasteiger partial charge in [0, 0.05) is 31.9 Å². The van der Waals surface area contributed by atoms with Crippen LogP contribution < -0.4 is 10.5 Å². The molecule has 0 saturated heterocycles. The molecule has 0 radical (unpaired) electrons. The maximum absolute atomic E-state index is 11.5. The fourth-order valence-corrected chi connectivity index (χ4v) is 2.14. The van der Waals surface area contributed by atoms with Crippen LogP contribution in [0.3, 0.4) is 0 Å². The molecule has 0 amide bonds. The largest absolute Gasteiger partial charge is 0.349 e. The van der Waals surface area contributed by atoms with Crippen molar-refractivity contribution in [2.45, 2.75) is 25.0 Å². The molecule has 0 aromatic carbocycles. The fraction of sp³-hybridized carbons (Fsp3) is 0.667. The van der Waals surface area contributed by atoms with Gasteiger partial charge in [0.2, 0.25) is 10.0 Å². The number of sulfonamides is 1. The summed E-state index contributed by atoms with van der Waals surface area (Å²) in [5.74, 6) is 0.867. The predicted octanol–water partition coefficient (Wildman–Crippen LogP) is -0.391. The Bertz CT molecular complexity index is 388. The molecule has 1 aromatic rings. The van der Waals surface area contributed by atoms with E-state index < -0.39 is 15.3 Å². The first-order chi connectivity index (χ1) is 7.56. The minimum Gasteiger partial charge on any atom is -0.349 e. The number of aryl methyl sites for hydroxylation is 1. The molecular weight excluding hydrogens is 228 g/mol. The first kappa shape index (κ1) is 13.1. The number of hydrogen-bond donors (Lipinski definition) is 3. The third-order valence-electron chi connectivity index (χ3n) is 2.31. The number of aromatic amines is 1. The van der Waals surface area contributed by atoms with Gasteiger partial charge in [0.1, 0.15) is 5.82 Å². The Morgan fingerprint density at radius 3 is 2.94 bits per heavy atom. The summed E-state index contributed by atoms with van der Waals surface area (Å²) in [4.78, 5) is 7.01. The van der Waals surface area contributed by atoms with Gasteiger partial charge in [-0.3, -0.25) is 0 Å². The summed E-state index contributed by atoms with van der Waals surface area (Å²) in [6, 6.07) is 0. The first-order valence-electron chi connectivity index (χ1n) is 5.23. The van der Waals surface area contributed by atoms with Crippen molar-refractivity contribution in [3.8, 4) is 0 Å². The van der Waals surface area contributed by atoms with Crippen molar-refractivity contribution in [3.05, 3.63) is 18.2 Å². The number of rotatable bonds is 7. The molecule has 4 N–H and O–H groups in total. The van der Waals surface area contributed by atoms with Crippen LogP contribution in [0.4, 0.5) is 0 Å². The van der Waals surface area contributed by atoms with Crippen molar-refractivity contribution in [2.24, 2.45) is 5.73 Å². The third kappa shape index (κ3) is 3.92. The van der Waals surface area contributed by atoms with E-state index in [9.17, 15) is 8.42 Å². The van der Waals surface area contributed by atoms with E-state index in [4.69, 9.17) is 5.73 Å². The average Bonchev–Trinajstić information content (AvgIpc) is 2.76. The van der Waals surface area contributed by atoms with Crippen LogP contribution in [0.5, 0.6) is 0 Å². The van der Waals surface area contributed by atoms with Crippen LogP contribution in [0.2, 0.25) is 0 Å². The zero-order valence-corrected chi connectivity index (χ0v) is 10.1. The number of hydrogen-bond acceptors (Lipinski definition) is 4. The van der Waals surface area contributed by atoms with Crippen LogP contribution in [0.15, 0.2) is 12.4 Å². The van der Waals surface area contributed by atoms with Crippen molar-refractivity contribution < 1.29 is 8.42 Å². The smallest absolute Gasteiger partial charge is 0.215 e. The summed E-state index contributed by atoms with van der Waals surface area (Å²) >= 11 is 0. The maximum Gasteiger partial charge on any atom is 0.215 e. The topological polar surface area (TPSA) is 101 Å². The normalized spacial score (nSPS) is 13.9. The van der Waals surface area contributed by atoms with Crippen LogP contribution in [-0.2, 0) is 16.4 Å². The molecule has 1 aromatic heterocycles. The zero-order valence-electron chi connectivity index (χ0n) is 9.31. The van der Waals surface area contributed by atoms with Gasteiger partial charge in [-0.25, -0.2) is 18.1 Å². The summed E-state index contributed by atoms with van der Waals surface area (Å²) in [6.45, 7) is 2.13. The van der Waals surface area contributed by atoms with Gasteiger partial charge in [-0.1, -0.05) is 0 Å². The molecule has 1 heterocycles. The molecule has 16 heavy (non-hydrogen) atoms. The molecule has 7 heteroatoms. The highest BCUT2D eigenvalue weighted by Gasteiger charge is 2.17. The Balaban J connectivity index is 2.25. The van der Waals surface area contributed by atoms with Crippen LogP contribution >= 0.6 is 0 Å². The lowest BCUT2D eigenvalue weighted by Gasteiger charge is -2.11. The standard InChI is InChI=1S/C9H18N4O2S/c1-8(7-10)16(14,15)13-4-2-3-9-11-5-6-12-9/h5-6,8,13H,2-4,7,10H2,1H3,(H,11,12). The van der Waals surface area contributed by atoms with Crippen LogP contribution in [0.1, 0.15) is 19.2 Å². The van der Waals surface area contributed by atoms with Gasteiger partial charge in [0.25, 0.3) is 0 Å². The van der Waals surface area contributed by atoms with E-state index in [1.54, 1.807) is 19.3 Å². The molecule has 0 saturated carbocycles. The quantitative estimate of drug-likeness (QED) is 0.570. The average molecular weight is 246 g/mol. The second-order valence-corrected chi connectivity index (χ2v) is 5.81. The summed E-state index contributed by atoms with van der Waals surface area (Å²) < 4.78 is 25.5. The molecule has 1 atom stereocenters. The van der Waals surface area contributed by atoms with E-state index in [1.807, 2.05) is 0 Å². The van der Waals surface area contributed by atoms with E-state index in [0.29, 0.717) is 13.0 Å². The van der Waals surface area contributed by atoms with Crippen LogP contribution in [0.25, 0.3) is 0 Å². The van der Waals surface area contributed by atoms with Crippen molar-refractivity contribution in [1.82, 2.24) is 14.7 Å². The minimum atomic E-state index is -3.26. The van der Waals surface area contributed by atoms with E-state index >= 15 is 0 Å². The SMILES string of the molecule is CC(CN)S(=O)(=O)NCCCc1ncc[nH]1. The number of imidazole rings is 1. The molecule has 0 fully saturated rings. The molecule has 1 unspecified atom stereocenters. The highest BCUT2D eigenvalue weighted by Crippen LogP contribution is 1.98. The molecule has 1 rings (SSSR count). The van der Waals surface area contributed by atoms with E-state index in [0.717, 1.165) is 12.2 Å². The Morgan fingerprint density at radius 2 is 2.38 bits per heavy atom. The number of nitrogens with zero attached hydrogens (tertiary/aromatic N) is 1. The Kier molecular flexibility index (Phi) is 4.91. The predicted molar refractivity (Wildman–Crippen MR) is 62.3 cm³/mol. The highest BCUT2D eigenvalue weighted by atomic mass is 32.2. The lowest BCUT2D eigenvalue weighted by molar-refractivity contribution is 0.566. The van der Waals surface area contributed by atoms with Gasteiger partial charge < -0.3 is 10.7 Å². The van der Waals surface area contributed by atoms with Gasteiger partial charge in [-0.05, 0) is 13.3 Å². The first-order valence-corrected chi connectivity index (χ1v) is 6.77. The monoisotopic (exact) mass is 246 g/mol. The van der Waals surface area contributed by atoms with E-state index in [1.165, 1.54) is 0 Å². The van der Waals surface area contributed by atoms with E-state index in [-0.39, 0.29) is 6.54 Å².